The number of hydrogen-bond donors (Lipinski definition) is 0. The minimum absolute atomic E-state index is 0.176. The van der Waals surface area contributed by atoms with Crippen LogP contribution in [0.25, 0.3) is 0 Å². The van der Waals surface area contributed by atoms with Crippen molar-refractivity contribution in [1.29, 1.82) is 0 Å². The maximum Gasteiger partial charge on any atom is 0.261 e. The molecule has 1 aromatic rings. The quantitative estimate of drug-likeness (QED) is 0.774. The van der Waals surface area contributed by atoms with Crippen LogP contribution in [0.15, 0.2) is 35.9 Å². The van der Waals surface area contributed by atoms with Gasteiger partial charge in [-0.3, -0.25) is 9.59 Å². The molecule has 0 saturated carbocycles. The second-order valence-corrected chi connectivity index (χ2v) is 4.51. The van der Waals surface area contributed by atoms with Crippen molar-refractivity contribution in [3.05, 3.63) is 35.9 Å². The van der Waals surface area contributed by atoms with Crippen LogP contribution < -0.4 is 9.64 Å². The summed E-state index contributed by atoms with van der Waals surface area (Å²) < 4.78 is 10.7. The highest BCUT2D eigenvalue weighted by atomic mass is 16.7. The van der Waals surface area contributed by atoms with Gasteiger partial charge in [-0.05, 0) is 31.2 Å². The lowest BCUT2D eigenvalue weighted by atomic mass is 10.2. The van der Waals surface area contributed by atoms with Crippen LogP contribution in [0.4, 0.5) is 5.69 Å². The molecule has 5 nitrogen and oxygen atoms in total. The molecule has 0 aromatic heterocycles. The first-order chi connectivity index (χ1) is 9.15. The number of hydrogen-bond acceptors (Lipinski definition) is 4. The number of amides is 2. The van der Waals surface area contributed by atoms with E-state index in [0.29, 0.717) is 17.0 Å². The zero-order valence-electron chi connectivity index (χ0n) is 10.5. The number of anilines is 1. The molecule has 0 bridgehead atoms. The summed E-state index contributed by atoms with van der Waals surface area (Å²) in [7, 11) is 0. The third-order valence-electron chi connectivity index (χ3n) is 3.12. The Bertz CT molecular complexity index is 557. The van der Waals surface area contributed by atoms with Gasteiger partial charge in [0.1, 0.15) is 5.75 Å². The lowest BCUT2D eigenvalue weighted by molar-refractivity contribution is -0.165. The van der Waals surface area contributed by atoms with Crippen molar-refractivity contribution in [2.24, 2.45) is 0 Å². The fourth-order valence-electron chi connectivity index (χ4n) is 1.97. The Kier molecular flexibility index (Phi) is 2.83. The number of nitrogens with zero attached hydrogens (tertiary/aromatic N) is 1. The fourth-order valence-corrected chi connectivity index (χ4v) is 1.97. The molecule has 1 atom stereocenters. The van der Waals surface area contributed by atoms with Crippen molar-refractivity contribution in [1.82, 2.24) is 0 Å². The summed E-state index contributed by atoms with van der Waals surface area (Å²) in [6.45, 7) is 2.36. The van der Waals surface area contributed by atoms with Gasteiger partial charge >= 0.3 is 0 Å². The smallest absolute Gasteiger partial charge is 0.261 e. The number of benzene rings is 1. The van der Waals surface area contributed by atoms with E-state index in [4.69, 9.17) is 9.47 Å². The van der Waals surface area contributed by atoms with Crippen molar-refractivity contribution in [3.63, 3.8) is 0 Å². The van der Waals surface area contributed by atoms with Crippen molar-refractivity contribution in [2.75, 3.05) is 11.5 Å². The van der Waals surface area contributed by atoms with Gasteiger partial charge < -0.3 is 9.47 Å². The van der Waals surface area contributed by atoms with Crippen molar-refractivity contribution in [3.8, 4) is 5.75 Å². The first kappa shape index (κ1) is 11.9. The van der Waals surface area contributed by atoms with Crippen LogP contribution in [0, 0.1) is 0 Å². The molecule has 5 heteroatoms. The molecule has 1 fully saturated rings. The molecule has 19 heavy (non-hydrogen) atoms. The van der Waals surface area contributed by atoms with Gasteiger partial charge in [-0.15, -0.1) is 0 Å². The number of rotatable bonds is 3. The molecule has 2 amide bonds. The Hall–Kier alpha value is -2.14. The molecule has 0 aliphatic carbocycles. The average Bonchev–Trinajstić information content (AvgIpc) is 2.59. The predicted molar refractivity (Wildman–Crippen MR) is 67.7 cm³/mol. The van der Waals surface area contributed by atoms with Gasteiger partial charge in [-0.1, -0.05) is 0 Å². The SMILES string of the molecule is CC1=CC(=O)N(c2ccc(OC3CCO3)cc2)C1=O. The normalized spacial score (nSPS) is 22.3. The van der Waals surface area contributed by atoms with Crippen LogP contribution in [-0.4, -0.2) is 24.7 Å². The third kappa shape index (κ3) is 2.13. The monoisotopic (exact) mass is 259 g/mol. The fraction of sp³-hybridized carbons (Fsp3) is 0.286. The first-order valence-electron chi connectivity index (χ1n) is 6.10. The van der Waals surface area contributed by atoms with E-state index < -0.39 is 0 Å². The molecule has 2 heterocycles. The van der Waals surface area contributed by atoms with Crippen LogP contribution in [0.1, 0.15) is 13.3 Å². The molecular formula is C14H13NO4. The van der Waals surface area contributed by atoms with Gasteiger partial charge in [0.25, 0.3) is 11.8 Å². The highest BCUT2D eigenvalue weighted by molar-refractivity contribution is 6.30. The summed E-state index contributed by atoms with van der Waals surface area (Å²) in [4.78, 5) is 24.7. The van der Waals surface area contributed by atoms with Crippen LogP contribution in [0.3, 0.4) is 0 Å². The second kappa shape index (κ2) is 4.51. The highest BCUT2D eigenvalue weighted by Crippen LogP contribution is 2.26. The molecule has 1 saturated heterocycles. The van der Waals surface area contributed by atoms with Gasteiger partial charge in [-0.2, -0.15) is 0 Å². The number of imide groups is 1. The highest BCUT2D eigenvalue weighted by Gasteiger charge is 2.29. The molecule has 0 N–H and O–H groups in total. The summed E-state index contributed by atoms with van der Waals surface area (Å²) in [5, 5.41) is 0. The van der Waals surface area contributed by atoms with Gasteiger partial charge in [0.15, 0.2) is 0 Å². The third-order valence-corrected chi connectivity index (χ3v) is 3.12. The van der Waals surface area contributed by atoms with Gasteiger partial charge in [-0.25, -0.2) is 4.90 Å². The van der Waals surface area contributed by atoms with Crippen molar-refractivity contribution < 1.29 is 19.1 Å². The van der Waals surface area contributed by atoms with Crippen molar-refractivity contribution >= 4 is 17.5 Å². The van der Waals surface area contributed by atoms with Crippen molar-refractivity contribution in [2.45, 2.75) is 19.6 Å². The lowest BCUT2D eigenvalue weighted by Crippen LogP contribution is -2.32. The van der Waals surface area contributed by atoms with E-state index in [1.807, 2.05) is 0 Å². The van der Waals surface area contributed by atoms with Gasteiger partial charge in [0.2, 0.25) is 6.29 Å². The summed E-state index contributed by atoms with van der Waals surface area (Å²) in [6.07, 6.45) is 2.05. The maximum absolute atomic E-state index is 11.8. The van der Waals surface area contributed by atoms with E-state index in [1.54, 1.807) is 31.2 Å². The molecular weight excluding hydrogens is 246 g/mol. The van der Waals surface area contributed by atoms with E-state index in [-0.39, 0.29) is 18.1 Å². The maximum atomic E-state index is 11.8. The Morgan fingerprint density at radius 1 is 1.26 bits per heavy atom. The van der Waals surface area contributed by atoms with E-state index in [0.717, 1.165) is 17.9 Å². The standard InChI is InChI=1S/C14H13NO4/c1-9-8-12(16)15(14(9)17)10-2-4-11(5-3-10)19-13-6-7-18-13/h2-5,8,13H,6-7H2,1H3. The lowest BCUT2D eigenvalue weighted by Gasteiger charge is -2.27. The largest absolute Gasteiger partial charge is 0.465 e. The average molecular weight is 259 g/mol. The summed E-state index contributed by atoms with van der Waals surface area (Å²) in [5.74, 6) is 0.0803. The molecule has 0 spiro atoms. The molecule has 0 radical (unpaired) electrons. The van der Waals surface area contributed by atoms with Crippen LogP contribution in [0.2, 0.25) is 0 Å². The first-order valence-corrected chi connectivity index (χ1v) is 6.10. The Morgan fingerprint density at radius 2 is 1.95 bits per heavy atom. The molecule has 1 aromatic carbocycles. The summed E-state index contributed by atoms with van der Waals surface area (Å²) in [6, 6.07) is 6.84. The zero-order chi connectivity index (χ0) is 13.4. The molecule has 1 unspecified atom stereocenters. The van der Waals surface area contributed by atoms with Gasteiger partial charge in [0.05, 0.1) is 12.3 Å². The molecule has 3 rings (SSSR count). The van der Waals surface area contributed by atoms with E-state index in [9.17, 15) is 9.59 Å². The van der Waals surface area contributed by atoms with E-state index >= 15 is 0 Å². The Morgan fingerprint density at radius 3 is 2.42 bits per heavy atom. The summed E-state index contributed by atoms with van der Waals surface area (Å²) in [5.41, 5.74) is 0.998. The molecule has 2 aliphatic rings. The predicted octanol–water partition coefficient (Wildman–Crippen LogP) is 1.63. The minimum Gasteiger partial charge on any atom is -0.465 e. The topological polar surface area (TPSA) is 55.8 Å². The van der Waals surface area contributed by atoms with Crippen LogP contribution in [-0.2, 0) is 14.3 Å². The number of ether oxygens (including phenoxy) is 2. The Balaban J connectivity index is 1.75. The van der Waals surface area contributed by atoms with E-state index in [2.05, 4.69) is 0 Å². The molecule has 2 aliphatic heterocycles. The molecule has 98 valence electrons. The number of carbonyl (C=O) groups is 2. The second-order valence-electron chi connectivity index (χ2n) is 4.51. The van der Waals surface area contributed by atoms with Gasteiger partial charge in [0, 0.05) is 18.1 Å². The van der Waals surface area contributed by atoms with Crippen LogP contribution in [0.5, 0.6) is 5.75 Å². The van der Waals surface area contributed by atoms with E-state index in [1.165, 1.54) is 6.08 Å². The Labute approximate surface area is 110 Å². The zero-order valence-corrected chi connectivity index (χ0v) is 10.5. The number of carbonyl (C=O) groups excluding carboxylic acids is 2. The summed E-state index contributed by atoms with van der Waals surface area (Å²) >= 11 is 0. The van der Waals surface area contributed by atoms with Crippen LogP contribution >= 0.6 is 0 Å². The minimum atomic E-state index is -0.307.